The Morgan fingerprint density at radius 1 is 1.29 bits per heavy atom. The van der Waals surface area contributed by atoms with Crippen molar-refractivity contribution in [2.75, 3.05) is 5.73 Å². The third kappa shape index (κ3) is 2.78. The van der Waals surface area contributed by atoms with E-state index in [1.165, 1.54) is 43.2 Å². The van der Waals surface area contributed by atoms with Crippen molar-refractivity contribution in [3.05, 3.63) is 23.8 Å². The number of anilines is 1. The molecule has 2 aromatic rings. The van der Waals surface area contributed by atoms with Crippen LogP contribution in [0.4, 0.5) is 5.95 Å². The van der Waals surface area contributed by atoms with E-state index in [0.29, 0.717) is 11.4 Å². The molecule has 0 aliphatic heterocycles. The molecule has 0 bridgehead atoms. The second kappa shape index (κ2) is 5.36. The molecular weight excluding hydrogens is 258 g/mol. The van der Waals surface area contributed by atoms with E-state index in [0.717, 1.165) is 18.0 Å². The quantitative estimate of drug-likeness (QED) is 0.896. The van der Waals surface area contributed by atoms with Crippen LogP contribution in [-0.4, -0.2) is 9.55 Å². The van der Waals surface area contributed by atoms with E-state index < -0.39 is 0 Å². The zero-order valence-electron chi connectivity index (χ0n) is 13.5. The van der Waals surface area contributed by atoms with Crippen LogP contribution < -0.4 is 5.73 Å². The summed E-state index contributed by atoms with van der Waals surface area (Å²) in [6.45, 7) is 7.82. The molecular formula is C18H27N3. The molecule has 1 aliphatic rings. The van der Waals surface area contributed by atoms with Gasteiger partial charge in [-0.3, -0.25) is 0 Å². The van der Waals surface area contributed by atoms with E-state index in [-0.39, 0.29) is 0 Å². The molecule has 1 saturated carbocycles. The molecule has 2 N–H and O–H groups in total. The van der Waals surface area contributed by atoms with Crippen molar-refractivity contribution < 1.29 is 0 Å². The van der Waals surface area contributed by atoms with E-state index in [1.54, 1.807) is 0 Å². The summed E-state index contributed by atoms with van der Waals surface area (Å²) in [7, 11) is 0. The predicted molar refractivity (Wildman–Crippen MR) is 89.2 cm³/mol. The molecule has 1 heterocycles. The molecule has 0 amide bonds. The lowest BCUT2D eigenvalue weighted by Gasteiger charge is -2.32. The van der Waals surface area contributed by atoms with Gasteiger partial charge in [-0.2, -0.15) is 0 Å². The summed E-state index contributed by atoms with van der Waals surface area (Å²) in [6.07, 6.45) is 6.67. The molecule has 3 rings (SSSR count). The fourth-order valence-corrected chi connectivity index (χ4v) is 4.17. The highest BCUT2D eigenvalue weighted by Gasteiger charge is 2.35. The second-order valence-corrected chi connectivity index (χ2v) is 7.35. The highest BCUT2D eigenvalue weighted by atomic mass is 15.2. The van der Waals surface area contributed by atoms with Crippen molar-refractivity contribution in [1.82, 2.24) is 9.55 Å². The maximum atomic E-state index is 6.22. The fourth-order valence-electron chi connectivity index (χ4n) is 4.17. The van der Waals surface area contributed by atoms with Crippen LogP contribution in [-0.2, 0) is 6.54 Å². The number of hydrogen-bond donors (Lipinski definition) is 1. The summed E-state index contributed by atoms with van der Waals surface area (Å²) in [5.41, 5.74) is 10.1. The zero-order chi connectivity index (χ0) is 15.0. The average molecular weight is 285 g/mol. The Hall–Kier alpha value is -1.51. The number of benzene rings is 1. The number of imidazole rings is 1. The first-order valence-corrected chi connectivity index (χ1v) is 8.21. The third-order valence-corrected chi connectivity index (χ3v) is 4.93. The van der Waals surface area contributed by atoms with Crippen LogP contribution >= 0.6 is 0 Å². The standard InChI is InChI=1S/C18H27N3/c1-13(2)11-18(8-4-5-9-18)12-21-16-10-14(3)6-7-15(16)20-17(21)19/h6-7,10,13H,4-5,8-9,11-12H2,1-3H3,(H2,19,20). The lowest BCUT2D eigenvalue weighted by Crippen LogP contribution is -2.26. The Labute approximate surface area is 127 Å². The van der Waals surface area contributed by atoms with Crippen LogP contribution in [0.1, 0.15) is 51.5 Å². The van der Waals surface area contributed by atoms with Crippen molar-refractivity contribution >= 4 is 17.0 Å². The Morgan fingerprint density at radius 2 is 2.00 bits per heavy atom. The Morgan fingerprint density at radius 3 is 2.67 bits per heavy atom. The Balaban J connectivity index is 1.99. The monoisotopic (exact) mass is 285 g/mol. The fraction of sp³-hybridized carbons (Fsp3) is 0.611. The largest absolute Gasteiger partial charge is 0.369 e. The molecule has 0 saturated heterocycles. The first kappa shape index (κ1) is 14.4. The number of nitrogens with two attached hydrogens (primary N) is 1. The topological polar surface area (TPSA) is 43.8 Å². The van der Waals surface area contributed by atoms with Crippen molar-refractivity contribution in [3.8, 4) is 0 Å². The van der Waals surface area contributed by atoms with Gasteiger partial charge in [0.25, 0.3) is 0 Å². The van der Waals surface area contributed by atoms with Crippen molar-refractivity contribution in [1.29, 1.82) is 0 Å². The average Bonchev–Trinajstić information content (AvgIpc) is 2.96. The van der Waals surface area contributed by atoms with Gasteiger partial charge in [-0.15, -0.1) is 0 Å². The smallest absolute Gasteiger partial charge is 0.201 e. The molecule has 1 fully saturated rings. The molecule has 0 spiro atoms. The molecule has 3 heteroatoms. The van der Waals surface area contributed by atoms with E-state index in [4.69, 9.17) is 5.73 Å². The number of nitrogen functional groups attached to an aromatic ring is 1. The van der Waals surface area contributed by atoms with Gasteiger partial charge < -0.3 is 10.3 Å². The van der Waals surface area contributed by atoms with Crippen LogP contribution in [0.15, 0.2) is 18.2 Å². The summed E-state index contributed by atoms with van der Waals surface area (Å²) in [6, 6.07) is 6.41. The highest BCUT2D eigenvalue weighted by molar-refractivity contribution is 5.79. The van der Waals surface area contributed by atoms with Gasteiger partial charge in [0.05, 0.1) is 11.0 Å². The number of aryl methyl sites for hydroxylation is 1. The second-order valence-electron chi connectivity index (χ2n) is 7.35. The van der Waals surface area contributed by atoms with Gasteiger partial charge in [-0.05, 0) is 55.2 Å². The van der Waals surface area contributed by atoms with Crippen LogP contribution in [0.5, 0.6) is 0 Å². The summed E-state index contributed by atoms with van der Waals surface area (Å²) in [5, 5.41) is 0. The van der Waals surface area contributed by atoms with Gasteiger partial charge in [0.1, 0.15) is 0 Å². The third-order valence-electron chi connectivity index (χ3n) is 4.93. The summed E-state index contributed by atoms with van der Waals surface area (Å²) < 4.78 is 2.26. The van der Waals surface area contributed by atoms with Gasteiger partial charge in [0.15, 0.2) is 0 Å². The first-order valence-electron chi connectivity index (χ1n) is 8.21. The molecule has 0 radical (unpaired) electrons. The van der Waals surface area contributed by atoms with E-state index >= 15 is 0 Å². The van der Waals surface area contributed by atoms with E-state index in [9.17, 15) is 0 Å². The Bertz CT molecular complexity index is 633. The first-order chi connectivity index (χ1) is 9.99. The number of nitrogens with zero attached hydrogens (tertiary/aromatic N) is 2. The summed E-state index contributed by atoms with van der Waals surface area (Å²) in [5.74, 6) is 1.41. The van der Waals surface area contributed by atoms with Gasteiger partial charge in [0, 0.05) is 6.54 Å². The summed E-state index contributed by atoms with van der Waals surface area (Å²) in [4.78, 5) is 4.55. The Kier molecular flexibility index (Phi) is 3.68. The van der Waals surface area contributed by atoms with Crippen LogP contribution in [0.2, 0.25) is 0 Å². The lowest BCUT2D eigenvalue weighted by atomic mass is 9.78. The number of rotatable bonds is 4. The molecule has 114 valence electrons. The number of fused-ring (bicyclic) bond motifs is 1. The minimum absolute atomic E-state index is 0.416. The molecule has 1 aliphatic carbocycles. The minimum Gasteiger partial charge on any atom is -0.369 e. The molecule has 3 nitrogen and oxygen atoms in total. The normalized spacial score (nSPS) is 17.9. The molecule has 21 heavy (non-hydrogen) atoms. The predicted octanol–water partition coefficient (Wildman–Crippen LogP) is 4.53. The van der Waals surface area contributed by atoms with Gasteiger partial charge in [-0.25, -0.2) is 4.98 Å². The van der Waals surface area contributed by atoms with Crippen LogP contribution in [0.3, 0.4) is 0 Å². The maximum absolute atomic E-state index is 6.22. The zero-order valence-corrected chi connectivity index (χ0v) is 13.5. The van der Waals surface area contributed by atoms with Crippen molar-refractivity contribution in [2.24, 2.45) is 11.3 Å². The molecule has 1 aromatic carbocycles. The van der Waals surface area contributed by atoms with Gasteiger partial charge >= 0.3 is 0 Å². The SMILES string of the molecule is Cc1ccc2nc(N)n(CC3(CC(C)C)CCCC3)c2c1. The van der Waals surface area contributed by atoms with Crippen LogP contribution in [0, 0.1) is 18.3 Å². The summed E-state index contributed by atoms with van der Waals surface area (Å²) >= 11 is 0. The van der Waals surface area contributed by atoms with Gasteiger partial charge in [-0.1, -0.05) is 32.8 Å². The lowest BCUT2D eigenvalue weighted by molar-refractivity contribution is 0.200. The highest BCUT2D eigenvalue weighted by Crippen LogP contribution is 2.45. The van der Waals surface area contributed by atoms with Crippen molar-refractivity contribution in [3.63, 3.8) is 0 Å². The molecule has 0 atom stereocenters. The minimum atomic E-state index is 0.416. The van der Waals surface area contributed by atoms with E-state index in [2.05, 4.69) is 48.5 Å². The maximum Gasteiger partial charge on any atom is 0.201 e. The van der Waals surface area contributed by atoms with E-state index in [1.807, 2.05) is 0 Å². The van der Waals surface area contributed by atoms with Crippen molar-refractivity contribution in [2.45, 2.75) is 59.4 Å². The molecule has 1 aromatic heterocycles. The number of hydrogen-bond acceptors (Lipinski definition) is 2. The number of aromatic nitrogens is 2. The van der Waals surface area contributed by atoms with Crippen LogP contribution in [0.25, 0.3) is 11.0 Å². The van der Waals surface area contributed by atoms with Gasteiger partial charge in [0.2, 0.25) is 5.95 Å². The molecule has 0 unspecified atom stereocenters.